The van der Waals surface area contributed by atoms with Crippen molar-refractivity contribution in [1.82, 2.24) is 10.2 Å². The average molecular weight is 295 g/mol. The van der Waals surface area contributed by atoms with E-state index in [-0.39, 0.29) is 0 Å². The fraction of sp³-hybridized carbons (Fsp3) is 0.647. The third-order valence-electron chi connectivity index (χ3n) is 4.35. The van der Waals surface area contributed by atoms with E-state index in [4.69, 9.17) is 11.6 Å². The summed E-state index contributed by atoms with van der Waals surface area (Å²) in [6, 6.07) is 9.29. The van der Waals surface area contributed by atoms with Gasteiger partial charge >= 0.3 is 0 Å². The standard InChI is InChI=1S/C17H27ClN2/c1-4-19-17(15-7-5-6-8-16(15)18)9-10-20-12-13(2)11-14(20)3/h5-8,13-14,17,19H,4,9-12H2,1-3H3. The lowest BCUT2D eigenvalue weighted by molar-refractivity contribution is 0.249. The molecule has 1 saturated heterocycles. The second-order valence-electron chi connectivity index (χ2n) is 6.11. The van der Waals surface area contributed by atoms with E-state index in [0.29, 0.717) is 6.04 Å². The van der Waals surface area contributed by atoms with E-state index in [9.17, 15) is 0 Å². The maximum absolute atomic E-state index is 6.35. The van der Waals surface area contributed by atoms with E-state index < -0.39 is 0 Å². The van der Waals surface area contributed by atoms with Crippen LogP contribution in [0.15, 0.2) is 24.3 Å². The van der Waals surface area contributed by atoms with Gasteiger partial charge < -0.3 is 10.2 Å². The molecule has 1 N–H and O–H groups in total. The van der Waals surface area contributed by atoms with Gasteiger partial charge in [-0.05, 0) is 43.9 Å². The summed E-state index contributed by atoms with van der Waals surface area (Å²) in [6.07, 6.45) is 2.45. The van der Waals surface area contributed by atoms with Gasteiger partial charge in [-0.25, -0.2) is 0 Å². The molecule has 0 aliphatic carbocycles. The molecule has 1 aromatic carbocycles. The van der Waals surface area contributed by atoms with Crippen molar-refractivity contribution in [3.8, 4) is 0 Å². The number of likely N-dealkylation sites (tertiary alicyclic amines) is 1. The Balaban J connectivity index is 1.98. The summed E-state index contributed by atoms with van der Waals surface area (Å²) in [5, 5.41) is 4.45. The first-order valence-electron chi connectivity index (χ1n) is 7.83. The van der Waals surface area contributed by atoms with Crippen LogP contribution < -0.4 is 5.32 Å². The van der Waals surface area contributed by atoms with Gasteiger partial charge in [-0.2, -0.15) is 0 Å². The summed E-state index contributed by atoms with van der Waals surface area (Å²) in [5.41, 5.74) is 1.23. The lowest BCUT2D eigenvalue weighted by Crippen LogP contribution is -2.32. The normalized spacial score (nSPS) is 25.0. The molecule has 2 nitrogen and oxygen atoms in total. The lowest BCUT2D eigenvalue weighted by atomic mass is 10.0. The van der Waals surface area contributed by atoms with Crippen molar-refractivity contribution in [2.75, 3.05) is 19.6 Å². The van der Waals surface area contributed by atoms with E-state index in [1.807, 2.05) is 12.1 Å². The van der Waals surface area contributed by atoms with Crippen LogP contribution in [0.1, 0.15) is 45.2 Å². The molecule has 3 heteroatoms. The molecule has 3 unspecified atom stereocenters. The number of rotatable bonds is 6. The maximum Gasteiger partial charge on any atom is 0.0453 e. The Bertz CT molecular complexity index is 421. The number of benzene rings is 1. The van der Waals surface area contributed by atoms with E-state index in [0.717, 1.165) is 36.5 Å². The van der Waals surface area contributed by atoms with Crippen LogP contribution in [-0.2, 0) is 0 Å². The van der Waals surface area contributed by atoms with Gasteiger partial charge in [-0.1, -0.05) is 43.6 Å². The molecule has 0 aromatic heterocycles. The van der Waals surface area contributed by atoms with Crippen LogP contribution in [0.2, 0.25) is 5.02 Å². The van der Waals surface area contributed by atoms with Crippen molar-refractivity contribution >= 4 is 11.6 Å². The van der Waals surface area contributed by atoms with Crippen LogP contribution in [0.3, 0.4) is 0 Å². The van der Waals surface area contributed by atoms with Gasteiger partial charge in [0.1, 0.15) is 0 Å². The highest BCUT2D eigenvalue weighted by Crippen LogP contribution is 2.27. The number of nitrogens with zero attached hydrogens (tertiary/aromatic N) is 1. The van der Waals surface area contributed by atoms with Crippen LogP contribution >= 0.6 is 11.6 Å². The Hall–Kier alpha value is -0.570. The van der Waals surface area contributed by atoms with Crippen molar-refractivity contribution < 1.29 is 0 Å². The van der Waals surface area contributed by atoms with Crippen molar-refractivity contribution in [2.45, 2.75) is 45.7 Å². The molecule has 2 rings (SSSR count). The summed E-state index contributed by atoms with van der Waals surface area (Å²) in [4.78, 5) is 2.62. The predicted molar refractivity (Wildman–Crippen MR) is 87.3 cm³/mol. The molecule has 1 aliphatic rings. The average Bonchev–Trinajstić information content (AvgIpc) is 2.74. The zero-order chi connectivity index (χ0) is 14.5. The molecular weight excluding hydrogens is 268 g/mol. The third kappa shape index (κ3) is 3.97. The van der Waals surface area contributed by atoms with Crippen molar-refractivity contribution in [3.63, 3.8) is 0 Å². The Morgan fingerprint density at radius 3 is 2.70 bits per heavy atom. The van der Waals surface area contributed by atoms with Gasteiger partial charge in [0.05, 0.1) is 0 Å². The van der Waals surface area contributed by atoms with Crippen LogP contribution in [0, 0.1) is 5.92 Å². The largest absolute Gasteiger partial charge is 0.310 e. The molecule has 1 aliphatic heterocycles. The quantitative estimate of drug-likeness (QED) is 0.849. The molecular formula is C17H27ClN2. The van der Waals surface area contributed by atoms with Crippen LogP contribution in [0.25, 0.3) is 0 Å². The molecule has 1 heterocycles. The van der Waals surface area contributed by atoms with Gasteiger partial charge in [0, 0.05) is 30.2 Å². The number of halogens is 1. The first-order chi connectivity index (χ1) is 9.61. The second kappa shape index (κ2) is 7.44. The van der Waals surface area contributed by atoms with Crippen molar-refractivity contribution in [3.05, 3.63) is 34.9 Å². The van der Waals surface area contributed by atoms with Gasteiger partial charge in [-0.15, -0.1) is 0 Å². The fourth-order valence-corrected chi connectivity index (χ4v) is 3.63. The minimum Gasteiger partial charge on any atom is -0.310 e. The molecule has 1 fully saturated rings. The highest BCUT2D eigenvalue weighted by Gasteiger charge is 2.26. The van der Waals surface area contributed by atoms with Gasteiger partial charge in [0.2, 0.25) is 0 Å². The summed E-state index contributed by atoms with van der Waals surface area (Å²) in [6.45, 7) is 10.2. The monoisotopic (exact) mass is 294 g/mol. The summed E-state index contributed by atoms with van der Waals surface area (Å²) in [7, 11) is 0. The molecule has 0 spiro atoms. The van der Waals surface area contributed by atoms with Crippen molar-refractivity contribution in [2.24, 2.45) is 5.92 Å². The number of hydrogen-bond acceptors (Lipinski definition) is 2. The molecule has 0 radical (unpaired) electrons. The SMILES string of the molecule is CCNC(CCN1CC(C)CC1C)c1ccccc1Cl. The van der Waals surface area contributed by atoms with Crippen LogP contribution in [-0.4, -0.2) is 30.6 Å². The highest BCUT2D eigenvalue weighted by molar-refractivity contribution is 6.31. The summed E-state index contributed by atoms with van der Waals surface area (Å²) < 4.78 is 0. The Morgan fingerprint density at radius 2 is 2.10 bits per heavy atom. The van der Waals surface area contributed by atoms with Crippen molar-refractivity contribution in [1.29, 1.82) is 0 Å². The molecule has 112 valence electrons. The third-order valence-corrected chi connectivity index (χ3v) is 4.69. The Kier molecular flexibility index (Phi) is 5.88. The minimum absolute atomic E-state index is 0.358. The van der Waals surface area contributed by atoms with Gasteiger partial charge in [0.25, 0.3) is 0 Å². The highest BCUT2D eigenvalue weighted by atomic mass is 35.5. The zero-order valence-corrected chi connectivity index (χ0v) is 13.7. The molecule has 1 aromatic rings. The predicted octanol–water partition coefficient (Wildman–Crippen LogP) is 4.11. The zero-order valence-electron chi connectivity index (χ0n) is 12.9. The van der Waals surface area contributed by atoms with E-state index in [2.05, 4.69) is 43.1 Å². The molecule has 3 atom stereocenters. The molecule has 0 saturated carbocycles. The minimum atomic E-state index is 0.358. The number of nitrogens with one attached hydrogen (secondary N) is 1. The molecule has 20 heavy (non-hydrogen) atoms. The first kappa shape index (κ1) is 15.8. The molecule has 0 amide bonds. The lowest BCUT2D eigenvalue weighted by Gasteiger charge is -2.25. The van der Waals surface area contributed by atoms with Gasteiger partial charge in [-0.3, -0.25) is 0 Å². The van der Waals surface area contributed by atoms with E-state index in [1.54, 1.807) is 0 Å². The second-order valence-corrected chi connectivity index (χ2v) is 6.51. The van der Waals surface area contributed by atoms with Crippen LogP contribution in [0.4, 0.5) is 0 Å². The first-order valence-corrected chi connectivity index (χ1v) is 8.21. The van der Waals surface area contributed by atoms with E-state index in [1.165, 1.54) is 18.5 Å². The fourth-order valence-electron chi connectivity index (χ4n) is 3.36. The number of hydrogen-bond donors (Lipinski definition) is 1. The summed E-state index contributed by atoms with van der Waals surface area (Å²) >= 11 is 6.35. The topological polar surface area (TPSA) is 15.3 Å². The smallest absolute Gasteiger partial charge is 0.0453 e. The Labute approximate surface area is 128 Å². The van der Waals surface area contributed by atoms with Gasteiger partial charge in [0.15, 0.2) is 0 Å². The molecule has 0 bridgehead atoms. The Morgan fingerprint density at radius 1 is 1.35 bits per heavy atom. The summed E-state index contributed by atoms with van der Waals surface area (Å²) in [5.74, 6) is 0.836. The van der Waals surface area contributed by atoms with E-state index >= 15 is 0 Å². The van der Waals surface area contributed by atoms with Crippen LogP contribution in [0.5, 0.6) is 0 Å². The maximum atomic E-state index is 6.35.